The molecule has 0 saturated carbocycles. The lowest BCUT2D eigenvalue weighted by Crippen LogP contribution is -2.04. The van der Waals surface area contributed by atoms with Crippen LogP contribution in [-0.2, 0) is 0 Å². The number of methoxy groups -OCH3 is 2. The van der Waals surface area contributed by atoms with Crippen molar-refractivity contribution in [3.8, 4) is 17.2 Å². The van der Waals surface area contributed by atoms with E-state index in [9.17, 15) is 5.11 Å². The van der Waals surface area contributed by atoms with Gasteiger partial charge in [-0.1, -0.05) is 0 Å². The second-order valence-electron chi connectivity index (χ2n) is 4.65. The van der Waals surface area contributed by atoms with Crippen LogP contribution in [0.5, 0.6) is 17.2 Å². The van der Waals surface area contributed by atoms with E-state index in [2.05, 4.69) is 4.99 Å². The van der Waals surface area contributed by atoms with Gasteiger partial charge in [-0.25, -0.2) is 4.99 Å². The molecule has 0 unspecified atom stereocenters. The third-order valence-corrected chi connectivity index (χ3v) is 3.67. The molecule has 0 atom stereocenters. The summed E-state index contributed by atoms with van der Waals surface area (Å²) in [7, 11) is 3.19. The minimum absolute atomic E-state index is 0.208. The second kappa shape index (κ2) is 3.66. The van der Waals surface area contributed by atoms with E-state index in [1.54, 1.807) is 14.2 Å². The summed E-state index contributed by atoms with van der Waals surface area (Å²) in [5, 5.41) is 12.8. The smallest absolute Gasteiger partial charge is 0.167 e. The molecule has 0 radical (unpaired) electrons. The van der Waals surface area contributed by atoms with E-state index in [0.717, 1.165) is 21.4 Å². The average Bonchev–Trinajstić information content (AvgIpc) is 3.12. The molecular weight excluding hydrogens is 256 g/mol. The molecule has 3 aromatic rings. The number of nitrogens with zero attached hydrogens (tertiary/aromatic N) is 2. The highest BCUT2D eigenvalue weighted by atomic mass is 16.5. The van der Waals surface area contributed by atoms with Crippen LogP contribution in [0.25, 0.3) is 5.52 Å². The Morgan fingerprint density at radius 3 is 2.65 bits per heavy atom. The monoisotopic (exact) mass is 268 g/mol. The van der Waals surface area contributed by atoms with Crippen molar-refractivity contribution < 1.29 is 14.6 Å². The van der Waals surface area contributed by atoms with E-state index in [-0.39, 0.29) is 5.75 Å². The van der Waals surface area contributed by atoms with Gasteiger partial charge in [-0.3, -0.25) is 0 Å². The Morgan fingerprint density at radius 2 is 1.90 bits per heavy atom. The zero-order chi connectivity index (χ0) is 13.9. The highest BCUT2D eigenvalue weighted by Gasteiger charge is 2.18. The van der Waals surface area contributed by atoms with E-state index in [0.29, 0.717) is 17.2 Å². The summed E-state index contributed by atoms with van der Waals surface area (Å²) in [6.07, 6.45) is 1.91. The molecule has 20 heavy (non-hydrogen) atoms. The van der Waals surface area contributed by atoms with Crippen molar-refractivity contribution in [3.63, 3.8) is 0 Å². The van der Waals surface area contributed by atoms with Crippen LogP contribution in [0.3, 0.4) is 0 Å². The fourth-order valence-corrected chi connectivity index (χ4v) is 2.75. The zero-order valence-electron chi connectivity index (χ0n) is 11.0. The van der Waals surface area contributed by atoms with E-state index < -0.39 is 0 Å². The van der Waals surface area contributed by atoms with Gasteiger partial charge in [0.05, 0.1) is 30.4 Å². The van der Waals surface area contributed by atoms with Gasteiger partial charge < -0.3 is 19.0 Å². The third-order valence-electron chi connectivity index (χ3n) is 3.67. The van der Waals surface area contributed by atoms with Crippen molar-refractivity contribution in [3.05, 3.63) is 46.4 Å². The number of aromatic nitrogens is 1. The normalized spacial score (nSPS) is 12.1. The largest absolute Gasteiger partial charge is 0.504 e. The molecule has 1 N–H and O–H groups in total. The first kappa shape index (κ1) is 11.2. The van der Waals surface area contributed by atoms with Crippen molar-refractivity contribution in [2.24, 2.45) is 4.99 Å². The lowest BCUT2D eigenvalue weighted by atomic mass is 10.2. The van der Waals surface area contributed by atoms with Gasteiger partial charge in [0.2, 0.25) is 0 Å². The van der Waals surface area contributed by atoms with Crippen molar-refractivity contribution in [2.45, 2.75) is 0 Å². The molecule has 1 aromatic carbocycles. The molecule has 0 bridgehead atoms. The van der Waals surface area contributed by atoms with Crippen LogP contribution >= 0.6 is 0 Å². The fourth-order valence-electron chi connectivity index (χ4n) is 2.75. The second-order valence-corrected chi connectivity index (χ2v) is 4.65. The van der Waals surface area contributed by atoms with Crippen molar-refractivity contribution in [2.75, 3.05) is 14.2 Å². The number of fused-ring (bicyclic) bond motifs is 4. The number of hydrogen-bond donors (Lipinski definition) is 1. The predicted octanol–water partition coefficient (Wildman–Crippen LogP) is 1.93. The minimum Gasteiger partial charge on any atom is -0.504 e. The predicted molar refractivity (Wildman–Crippen MR) is 72.7 cm³/mol. The van der Waals surface area contributed by atoms with Gasteiger partial charge in [-0.15, -0.1) is 0 Å². The SMILES string of the molecule is COc1cc2c(cc1OC)=c1c(c(O)c3cccn13)N=2. The zero-order valence-corrected chi connectivity index (χ0v) is 11.0. The molecule has 0 fully saturated rings. The maximum Gasteiger partial charge on any atom is 0.167 e. The number of benzene rings is 1. The van der Waals surface area contributed by atoms with Gasteiger partial charge in [0.25, 0.3) is 0 Å². The highest BCUT2D eigenvalue weighted by Crippen LogP contribution is 2.37. The summed E-state index contributed by atoms with van der Waals surface area (Å²) in [6.45, 7) is 0. The maximum absolute atomic E-state index is 10.2. The van der Waals surface area contributed by atoms with Crippen molar-refractivity contribution in [1.29, 1.82) is 0 Å². The van der Waals surface area contributed by atoms with E-state index in [1.807, 2.05) is 34.9 Å². The molecule has 1 aliphatic rings. The Labute approximate surface area is 114 Å². The summed E-state index contributed by atoms with van der Waals surface area (Å²) in [6, 6.07) is 7.48. The Kier molecular flexibility index (Phi) is 2.04. The Balaban J connectivity index is 2.26. The number of ether oxygens (including phenoxy) is 2. The molecule has 3 heterocycles. The Bertz CT molecular complexity index is 989. The van der Waals surface area contributed by atoms with Gasteiger partial charge in [0, 0.05) is 17.5 Å². The molecule has 0 saturated heterocycles. The molecule has 4 rings (SSSR count). The molecule has 5 nitrogen and oxygen atoms in total. The molecule has 5 heteroatoms. The topological polar surface area (TPSA) is 55.5 Å². The number of aromatic hydroxyl groups is 1. The van der Waals surface area contributed by atoms with Crippen LogP contribution in [0, 0.1) is 10.6 Å². The molecule has 0 amide bonds. The van der Waals surface area contributed by atoms with E-state index in [1.165, 1.54) is 0 Å². The Hall–Kier alpha value is -2.69. The Morgan fingerprint density at radius 1 is 1.15 bits per heavy atom. The van der Waals surface area contributed by atoms with Crippen LogP contribution in [0.2, 0.25) is 0 Å². The highest BCUT2D eigenvalue weighted by molar-refractivity contribution is 5.74. The summed E-state index contributed by atoms with van der Waals surface area (Å²) >= 11 is 0. The van der Waals surface area contributed by atoms with Crippen LogP contribution in [0.4, 0.5) is 5.69 Å². The number of rotatable bonds is 2. The molecule has 0 aliphatic carbocycles. The molecule has 1 aliphatic heterocycles. The number of hydrogen-bond acceptors (Lipinski definition) is 4. The first-order chi connectivity index (χ1) is 9.74. The summed E-state index contributed by atoms with van der Waals surface area (Å²) in [5.41, 5.74) is 1.37. The van der Waals surface area contributed by atoms with E-state index in [4.69, 9.17) is 9.47 Å². The lowest BCUT2D eigenvalue weighted by Gasteiger charge is -2.05. The summed E-state index contributed by atoms with van der Waals surface area (Å²) in [5.74, 6) is 1.48. The minimum atomic E-state index is 0.208. The van der Waals surface area contributed by atoms with Gasteiger partial charge in [-0.05, 0) is 18.2 Å². The fraction of sp³-hybridized carbons (Fsp3) is 0.133. The molecule has 2 aromatic heterocycles. The first-order valence-electron chi connectivity index (χ1n) is 6.21. The quantitative estimate of drug-likeness (QED) is 0.604. The lowest BCUT2D eigenvalue weighted by molar-refractivity contribution is 0.354. The average molecular weight is 268 g/mol. The van der Waals surface area contributed by atoms with Crippen LogP contribution in [-0.4, -0.2) is 23.7 Å². The van der Waals surface area contributed by atoms with Crippen molar-refractivity contribution >= 4 is 11.2 Å². The standard InChI is InChI=1S/C15H12N2O3/c1-19-11-6-8-9(7-12(11)20-2)16-13-14(8)17-5-3-4-10(17)15(13)18/h3-7,18H,1-2H3. The van der Waals surface area contributed by atoms with Gasteiger partial charge in [0.15, 0.2) is 17.2 Å². The first-order valence-corrected chi connectivity index (χ1v) is 6.21. The van der Waals surface area contributed by atoms with Gasteiger partial charge in [0.1, 0.15) is 5.69 Å². The van der Waals surface area contributed by atoms with Crippen LogP contribution < -0.4 is 14.8 Å². The third kappa shape index (κ3) is 1.19. The van der Waals surface area contributed by atoms with Crippen molar-refractivity contribution in [1.82, 2.24) is 4.40 Å². The summed E-state index contributed by atoms with van der Waals surface area (Å²) in [4.78, 5) is 4.50. The van der Waals surface area contributed by atoms with Crippen LogP contribution in [0.15, 0.2) is 35.5 Å². The molecule has 0 spiro atoms. The molecule has 100 valence electrons. The van der Waals surface area contributed by atoms with Crippen LogP contribution in [0.1, 0.15) is 0 Å². The maximum atomic E-state index is 10.2. The summed E-state index contributed by atoms with van der Waals surface area (Å²) < 4.78 is 12.6. The van der Waals surface area contributed by atoms with Gasteiger partial charge >= 0.3 is 0 Å². The molecular formula is C15H12N2O3. The van der Waals surface area contributed by atoms with E-state index >= 15 is 0 Å². The van der Waals surface area contributed by atoms with Gasteiger partial charge in [-0.2, -0.15) is 0 Å².